The van der Waals surface area contributed by atoms with Gasteiger partial charge in [-0.25, -0.2) is 8.78 Å². The maximum absolute atomic E-state index is 13.1. The van der Waals surface area contributed by atoms with Gasteiger partial charge in [-0.15, -0.1) is 24.0 Å². The second-order valence-electron chi connectivity index (χ2n) is 4.96. The van der Waals surface area contributed by atoms with Crippen LogP contribution >= 0.6 is 24.0 Å². The summed E-state index contributed by atoms with van der Waals surface area (Å²) in [5, 5.41) is 8.43. The summed E-state index contributed by atoms with van der Waals surface area (Å²) in [7, 11) is 1.57. The van der Waals surface area contributed by atoms with Gasteiger partial charge in [-0.3, -0.25) is 9.79 Å². The second-order valence-corrected chi connectivity index (χ2v) is 4.96. The number of hydrogen-bond donors (Lipinski definition) is 3. The lowest BCUT2D eigenvalue weighted by molar-refractivity contribution is -0.115. The van der Waals surface area contributed by atoms with Crippen molar-refractivity contribution in [2.24, 2.45) is 4.99 Å². The lowest BCUT2D eigenvalue weighted by Gasteiger charge is -2.12. The van der Waals surface area contributed by atoms with Gasteiger partial charge >= 0.3 is 0 Å². The van der Waals surface area contributed by atoms with E-state index in [1.165, 1.54) is 30.3 Å². The number of hydrogen-bond acceptors (Lipinski definition) is 2. The van der Waals surface area contributed by atoms with Crippen molar-refractivity contribution in [2.75, 3.05) is 18.9 Å². The average molecular weight is 460 g/mol. The summed E-state index contributed by atoms with van der Waals surface area (Å²) in [6.45, 7) is 0.408. The number of aliphatic imine (C=N–C) groups is 1. The third-order valence-electron chi connectivity index (χ3n) is 3.12. The number of anilines is 1. The number of guanidine groups is 1. The molecular weight excluding hydrogens is 441 g/mol. The standard InChI is InChI=1S/C17H18F2N4O.HI/c1-20-17(21-10-12-5-7-13(18)8-6-12)22-11-16(24)23-15-4-2-3-14(19)9-15;/h2-9H,10-11H2,1H3,(H,23,24)(H2,20,21,22);1H. The van der Waals surface area contributed by atoms with Gasteiger partial charge in [0.25, 0.3) is 0 Å². The number of carbonyl (C=O) groups excluding carboxylic acids is 1. The zero-order valence-electron chi connectivity index (χ0n) is 13.6. The quantitative estimate of drug-likeness (QED) is 0.366. The highest BCUT2D eigenvalue weighted by molar-refractivity contribution is 14.0. The van der Waals surface area contributed by atoms with Crippen molar-refractivity contribution in [3.05, 3.63) is 65.7 Å². The summed E-state index contributed by atoms with van der Waals surface area (Å²) in [6, 6.07) is 11.7. The first-order valence-corrected chi connectivity index (χ1v) is 7.31. The predicted octanol–water partition coefficient (Wildman–Crippen LogP) is 2.89. The lowest BCUT2D eigenvalue weighted by atomic mass is 10.2. The van der Waals surface area contributed by atoms with Gasteiger partial charge in [0.15, 0.2) is 5.96 Å². The molecule has 25 heavy (non-hydrogen) atoms. The van der Waals surface area contributed by atoms with E-state index < -0.39 is 5.82 Å². The first-order chi connectivity index (χ1) is 11.6. The van der Waals surface area contributed by atoms with E-state index in [0.29, 0.717) is 18.2 Å². The molecule has 0 spiro atoms. The van der Waals surface area contributed by atoms with Crippen LogP contribution in [0.3, 0.4) is 0 Å². The highest BCUT2D eigenvalue weighted by Crippen LogP contribution is 2.08. The third kappa shape index (κ3) is 7.46. The largest absolute Gasteiger partial charge is 0.352 e. The molecule has 0 aromatic heterocycles. The molecular formula is C17H19F2IN4O. The fraction of sp³-hybridized carbons (Fsp3) is 0.176. The van der Waals surface area contributed by atoms with Gasteiger partial charge in [-0.1, -0.05) is 18.2 Å². The van der Waals surface area contributed by atoms with Crippen molar-refractivity contribution < 1.29 is 13.6 Å². The molecule has 2 aromatic carbocycles. The van der Waals surface area contributed by atoms with Crippen molar-refractivity contribution in [2.45, 2.75) is 6.54 Å². The van der Waals surface area contributed by atoms with E-state index in [1.54, 1.807) is 25.2 Å². The molecule has 3 N–H and O–H groups in total. The van der Waals surface area contributed by atoms with E-state index in [4.69, 9.17) is 0 Å². The van der Waals surface area contributed by atoms with Gasteiger partial charge in [-0.05, 0) is 35.9 Å². The second kappa shape index (κ2) is 10.6. The molecule has 0 heterocycles. The first kappa shape index (κ1) is 20.8. The minimum absolute atomic E-state index is 0. The molecule has 0 fully saturated rings. The van der Waals surface area contributed by atoms with Gasteiger partial charge in [0, 0.05) is 19.3 Å². The van der Waals surface area contributed by atoms with Crippen molar-refractivity contribution >= 4 is 41.5 Å². The summed E-state index contributed by atoms with van der Waals surface area (Å²) < 4.78 is 25.9. The summed E-state index contributed by atoms with van der Waals surface area (Å²) >= 11 is 0. The number of nitrogens with zero attached hydrogens (tertiary/aromatic N) is 1. The normalized spacial score (nSPS) is 10.6. The van der Waals surface area contributed by atoms with Crippen LogP contribution in [0.1, 0.15) is 5.56 Å². The number of halogens is 3. The van der Waals surface area contributed by atoms with Crippen LogP contribution in [0.2, 0.25) is 0 Å². The van der Waals surface area contributed by atoms with Crippen molar-refractivity contribution in [3.8, 4) is 0 Å². The smallest absolute Gasteiger partial charge is 0.243 e. The molecule has 2 rings (SSSR count). The Hall–Kier alpha value is -2.23. The van der Waals surface area contributed by atoms with Crippen molar-refractivity contribution in [3.63, 3.8) is 0 Å². The van der Waals surface area contributed by atoms with E-state index in [1.807, 2.05) is 0 Å². The fourth-order valence-corrected chi connectivity index (χ4v) is 1.94. The van der Waals surface area contributed by atoms with Crippen LogP contribution in [0, 0.1) is 11.6 Å². The summed E-state index contributed by atoms with van der Waals surface area (Å²) in [5.74, 6) is -0.619. The fourth-order valence-electron chi connectivity index (χ4n) is 1.94. The van der Waals surface area contributed by atoms with E-state index in [0.717, 1.165) is 5.56 Å². The molecule has 0 radical (unpaired) electrons. The van der Waals surface area contributed by atoms with Crippen LogP contribution < -0.4 is 16.0 Å². The minimum atomic E-state index is -0.419. The Morgan fingerprint density at radius 3 is 2.40 bits per heavy atom. The summed E-state index contributed by atoms with van der Waals surface area (Å²) in [6.07, 6.45) is 0. The number of nitrogens with one attached hydrogen (secondary N) is 3. The van der Waals surface area contributed by atoms with Gasteiger partial charge < -0.3 is 16.0 Å². The molecule has 134 valence electrons. The Kier molecular flexibility index (Phi) is 8.82. The van der Waals surface area contributed by atoms with E-state index in [2.05, 4.69) is 20.9 Å². The molecule has 0 saturated heterocycles. The maximum atomic E-state index is 13.1. The van der Waals surface area contributed by atoms with Crippen LogP contribution in [0.25, 0.3) is 0 Å². The SMILES string of the molecule is CN=C(NCC(=O)Nc1cccc(F)c1)NCc1ccc(F)cc1.I. The minimum Gasteiger partial charge on any atom is -0.352 e. The van der Waals surface area contributed by atoms with Crippen LogP contribution in [0.5, 0.6) is 0 Å². The van der Waals surface area contributed by atoms with Gasteiger partial charge in [0.2, 0.25) is 5.91 Å². The van der Waals surface area contributed by atoms with Gasteiger partial charge in [0.05, 0.1) is 6.54 Å². The van der Waals surface area contributed by atoms with E-state index in [9.17, 15) is 13.6 Å². The molecule has 5 nitrogen and oxygen atoms in total. The van der Waals surface area contributed by atoms with Crippen LogP contribution in [0.15, 0.2) is 53.5 Å². The Bertz CT molecular complexity index is 723. The monoisotopic (exact) mass is 460 g/mol. The number of benzene rings is 2. The van der Waals surface area contributed by atoms with E-state index >= 15 is 0 Å². The van der Waals surface area contributed by atoms with Gasteiger partial charge in [-0.2, -0.15) is 0 Å². The third-order valence-corrected chi connectivity index (χ3v) is 3.12. The highest BCUT2D eigenvalue weighted by Gasteiger charge is 2.05. The molecule has 0 aliphatic carbocycles. The Labute approximate surface area is 161 Å². The highest BCUT2D eigenvalue weighted by atomic mass is 127. The summed E-state index contributed by atoms with van der Waals surface area (Å²) in [5.41, 5.74) is 1.26. The first-order valence-electron chi connectivity index (χ1n) is 7.31. The van der Waals surface area contributed by atoms with E-state index in [-0.39, 0.29) is 42.2 Å². The molecule has 0 bridgehead atoms. The average Bonchev–Trinajstić information content (AvgIpc) is 2.56. The van der Waals surface area contributed by atoms with Crippen molar-refractivity contribution in [1.29, 1.82) is 0 Å². The van der Waals surface area contributed by atoms with Crippen molar-refractivity contribution in [1.82, 2.24) is 10.6 Å². The molecule has 2 aromatic rings. The van der Waals surface area contributed by atoms with Crippen LogP contribution in [-0.4, -0.2) is 25.5 Å². The number of rotatable bonds is 5. The molecule has 0 atom stereocenters. The molecule has 1 amide bonds. The molecule has 0 unspecified atom stereocenters. The predicted molar refractivity (Wildman–Crippen MR) is 105 cm³/mol. The summed E-state index contributed by atoms with van der Waals surface area (Å²) in [4.78, 5) is 15.8. The van der Waals surface area contributed by atoms with Gasteiger partial charge in [0.1, 0.15) is 11.6 Å². The lowest BCUT2D eigenvalue weighted by Crippen LogP contribution is -2.41. The number of carbonyl (C=O) groups is 1. The Balaban J connectivity index is 0.00000312. The Morgan fingerprint density at radius 1 is 1.04 bits per heavy atom. The molecule has 0 aliphatic rings. The number of amides is 1. The molecule has 0 aliphatic heterocycles. The van der Waals surface area contributed by atoms with Crippen LogP contribution in [0.4, 0.5) is 14.5 Å². The molecule has 8 heteroatoms. The maximum Gasteiger partial charge on any atom is 0.243 e. The topological polar surface area (TPSA) is 65.5 Å². The zero-order chi connectivity index (χ0) is 17.4. The van der Waals surface area contributed by atoms with Crippen LogP contribution in [-0.2, 0) is 11.3 Å². The zero-order valence-corrected chi connectivity index (χ0v) is 15.9. The Morgan fingerprint density at radius 2 is 1.76 bits per heavy atom. The molecule has 0 saturated carbocycles.